The topological polar surface area (TPSA) is 41.1 Å². The number of piperazine rings is 1. The van der Waals surface area contributed by atoms with Gasteiger partial charge in [0.15, 0.2) is 0 Å². The van der Waals surface area contributed by atoms with Gasteiger partial charge in [-0.15, -0.1) is 0 Å². The summed E-state index contributed by atoms with van der Waals surface area (Å²) in [6.07, 6.45) is 0. The quantitative estimate of drug-likeness (QED) is 0.759. The molecule has 1 fully saturated rings. The number of nitrogens with one attached hydrogen (secondary N) is 2. The predicted molar refractivity (Wildman–Crippen MR) is 59.8 cm³/mol. The Morgan fingerprint density at radius 1 is 1.33 bits per heavy atom. The molecule has 15 heavy (non-hydrogen) atoms. The van der Waals surface area contributed by atoms with Gasteiger partial charge in [0.1, 0.15) is 6.04 Å². The summed E-state index contributed by atoms with van der Waals surface area (Å²) in [5, 5.41) is 6.79. The van der Waals surface area contributed by atoms with E-state index in [2.05, 4.69) is 10.6 Å². The zero-order valence-corrected chi connectivity index (χ0v) is 9.21. The van der Waals surface area contributed by atoms with Crippen molar-refractivity contribution in [3.63, 3.8) is 0 Å². The molecule has 0 saturated carbocycles. The fraction of sp³-hybridized carbons (Fsp3) is 0.364. The lowest BCUT2D eigenvalue weighted by Gasteiger charge is -2.28. The van der Waals surface area contributed by atoms with E-state index in [1.165, 1.54) is 0 Å². The predicted octanol–water partition coefficient (Wildman–Crippen LogP) is 1.49. The first kappa shape index (κ1) is 10.5. The molecule has 2 atom stereocenters. The SMILES string of the molecule is C[C@@H]1CN[C@@H](c2ccc(Cl)cc2)C(=O)N1. The van der Waals surface area contributed by atoms with Gasteiger partial charge in [-0.3, -0.25) is 4.79 Å². The van der Waals surface area contributed by atoms with Gasteiger partial charge < -0.3 is 10.6 Å². The average Bonchev–Trinajstić information content (AvgIpc) is 2.20. The Labute approximate surface area is 93.8 Å². The van der Waals surface area contributed by atoms with Gasteiger partial charge in [-0.25, -0.2) is 0 Å². The van der Waals surface area contributed by atoms with E-state index in [4.69, 9.17) is 11.6 Å². The summed E-state index contributed by atoms with van der Waals surface area (Å²) in [6.45, 7) is 2.77. The standard InChI is InChI=1S/C11H13ClN2O/c1-7-6-13-10(11(15)14-7)8-2-4-9(12)5-3-8/h2-5,7,10,13H,6H2,1H3,(H,14,15)/t7-,10+/m1/s1. The summed E-state index contributed by atoms with van der Waals surface area (Å²) >= 11 is 5.79. The molecule has 1 aromatic rings. The first-order chi connectivity index (χ1) is 7.16. The van der Waals surface area contributed by atoms with E-state index < -0.39 is 0 Å². The number of carbonyl (C=O) groups is 1. The first-order valence-corrected chi connectivity index (χ1v) is 5.34. The Morgan fingerprint density at radius 2 is 2.00 bits per heavy atom. The molecule has 4 heteroatoms. The monoisotopic (exact) mass is 224 g/mol. The van der Waals surface area contributed by atoms with Crippen molar-refractivity contribution in [1.82, 2.24) is 10.6 Å². The second kappa shape index (κ2) is 4.21. The van der Waals surface area contributed by atoms with Crippen LogP contribution in [-0.2, 0) is 4.79 Å². The summed E-state index contributed by atoms with van der Waals surface area (Å²) < 4.78 is 0. The van der Waals surface area contributed by atoms with Crippen LogP contribution in [0.5, 0.6) is 0 Å². The number of hydrogen-bond donors (Lipinski definition) is 2. The highest BCUT2D eigenvalue weighted by Gasteiger charge is 2.26. The number of halogens is 1. The highest BCUT2D eigenvalue weighted by molar-refractivity contribution is 6.30. The maximum Gasteiger partial charge on any atom is 0.241 e. The number of carbonyl (C=O) groups excluding carboxylic acids is 1. The van der Waals surface area contributed by atoms with Crippen molar-refractivity contribution in [1.29, 1.82) is 0 Å². The van der Waals surface area contributed by atoms with Gasteiger partial charge in [-0.05, 0) is 24.6 Å². The van der Waals surface area contributed by atoms with Crippen LogP contribution in [0.1, 0.15) is 18.5 Å². The van der Waals surface area contributed by atoms with Crippen molar-refractivity contribution >= 4 is 17.5 Å². The summed E-state index contributed by atoms with van der Waals surface area (Å²) in [7, 11) is 0. The minimum absolute atomic E-state index is 0.0241. The molecule has 1 aliphatic heterocycles. The molecule has 0 spiro atoms. The average molecular weight is 225 g/mol. The van der Waals surface area contributed by atoms with Gasteiger partial charge in [-0.2, -0.15) is 0 Å². The van der Waals surface area contributed by atoms with Crippen LogP contribution < -0.4 is 10.6 Å². The largest absolute Gasteiger partial charge is 0.351 e. The molecule has 1 heterocycles. The normalized spacial score (nSPS) is 26.1. The molecule has 1 amide bonds. The van der Waals surface area contributed by atoms with Crippen LogP contribution in [0.2, 0.25) is 5.02 Å². The van der Waals surface area contributed by atoms with Gasteiger partial charge in [0.2, 0.25) is 5.91 Å². The third-order valence-corrected chi connectivity index (χ3v) is 2.73. The summed E-state index contributed by atoms with van der Waals surface area (Å²) in [6, 6.07) is 7.28. The molecule has 0 radical (unpaired) electrons. The number of hydrogen-bond acceptors (Lipinski definition) is 2. The van der Waals surface area contributed by atoms with Crippen LogP contribution in [0.15, 0.2) is 24.3 Å². The second-order valence-corrected chi connectivity index (χ2v) is 4.24. The fourth-order valence-corrected chi connectivity index (χ4v) is 1.81. The third-order valence-electron chi connectivity index (χ3n) is 2.48. The zero-order valence-electron chi connectivity index (χ0n) is 8.46. The van der Waals surface area contributed by atoms with Crippen LogP contribution in [0.4, 0.5) is 0 Å². The van der Waals surface area contributed by atoms with E-state index in [1.807, 2.05) is 19.1 Å². The number of benzene rings is 1. The van der Waals surface area contributed by atoms with Crippen LogP contribution in [0, 0.1) is 0 Å². The Bertz CT molecular complexity index is 363. The first-order valence-electron chi connectivity index (χ1n) is 4.96. The molecule has 0 unspecified atom stereocenters. The van der Waals surface area contributed by atoms with Crippen molar-refractivity contribution in [2.24, 2.45) is 0 Å². The highest BCUT2D eigenvalue weighted by atomic mass is 35.5. The zero-order chi connectivity index (χ0) is 10.8. The second-order valence-electron chi connectivity index (χ2n) is 3.80. The smallest absolute Gasteiger partial charge is 0.241 e. The van der Waals surface area contributed by atoms with Crippen molar-refractivity contribution in [2.45, 2.75) is 19.0 Å². The number of amides is 1. The van der Waals surface area contributed by atoms with E-state index in [0.29, 0.717) is 5.02 Å². The molecular formula is C11H13ClN2O. The Hall–Kier alpha value is -1.06. The lowest BCUT2D eigenvalue weighted by Crippen LogP contribution is -2.52. The molecule has 80 valence electrons. The van der Waals surface area contributed by atoms with Gasteiger partial charge >= 0.3 is 0 Å². The Balaban J connectivity index is 2.17. The fourth-order valence-electron chi connectivity index (χ4n) is 1.69. The van der Waals surface area contributed by atoms with Crippen molar-refractivity contribution < 1.29 is 4.79 Å². The maximum atomic E-state index is 11.7. The third kappa shape index (κ3) is 2.30. The maximum absolute atomic E-state index is 11.7. The molecule has 2 rings (SSSR count). The molecule has 0 bridgehead atoms. The Morgan fingerprint density at radius 3 is 2.60 bits per heavy atom. The molecule has 3 nitrogen and oxygen atoms in total. The summed E-state index contributed by atoms with van der Waals surface area (Å²) in [4.78, 5) is 11.7. The molecule has 0 aromatic heterocycles. The minimum Gasteiger partial charge on any atom is -0.351 e. The Kier molecular flexibility index (Phi) is 2.93. The van der Waals surface area contributed by atoms with Gasteiger partial charge in [0.05, 0.1) is 0 Å². The minimum atomic E-state index is -0.251. The van der Waals surface area contributed by atoms with Crippen molar-refractivity contribution in [3.05, 3.63) is 34.9 Å². The van der Waals surface area contributed by atoms with Crippen molar-refractivity contribution in [2.75, 3.05) is 6.54 Å². The lowest BCUT2D eigenvalue weighted by atomic mass is 10.0. The molecule has 2 N–H and O–H groups in total. The molecule has 1 saturated heterocycles. The highest BCUT2D eigenvalue weighted by Crippen LogP contribution is 2.18. The lowest BCUT2D eigenvalue weighted by molar-refractivity contribution is -0.125. The van der Waals surface area contributed by atoms with Crippen molar-refractivity contribution in [3.8, 4) is 0 Å². The summed E-state index contributed by atoms with van der Waals surface area (Å²) in [5.74, 6) is 0.0241. The number of rotatable bonds is 1. The molecular weight excluding hydrogens is 212 g/mol. The van der Waals surface area contributed by atoms with Crippen LogP contribution in [0.3, 0.4) is 0 Å². The van der Waals surface area contributed by atoms with E-state index in [1.54, 1.807) is 12.1 Å². The molecule has 1 aromatic carbocycles. The van der Waals surface area contributed by atoms with Crippen LogP contribution in [0.25, 0.3) is 0 Å². The van der Waals surface area contributed by atoms with E-state index in [-0.39, 0.29) is 18.0 Å². The van der Waals surface area contributed by atoms with E-state index in [9.17, 15) is 4.79 Å². The summed E-state index contributed by atoms with van der Waals surface area (Å²) in [5.41, 5.74) is 0.948. The van der Waals surface area contributed by atoms with Gasteiger partial charge in [0.25, 0.3) is 0 Å². The van der Waals surface area contributed by atoms with Gasteiger partial charge in [-0.1, -0.05) is 23.7 Å². The van der Waals surface area contributed by atoms with E-state index in [0.717, 1.165) is 12.1 Å². The van der Waals surface area contributed by atoms with E-state index >= 15 is 0 Å². The van der Waals surface area contributed by atoms with Crippen LogP contribution >= 0.6 is 11.6 Å². The van der Waals surface area contributed by atoms with Gasteiger partial charge in [0, 0.05) is 17.6 Å². The van der Waals surface area contributed by atoms with Crippen LogP contribution in [-0.4, -0.2) is 18.5 Å². The molecule has 0 aliphatic carbocycles. The molecule has 1 aliphatic rings.